The van der Waals surface area contributed by atoms with Gasteiger partial charge in [-0.1, -0.05) is 163 Å². The van der Waals surface area contributed by atoms with E-state index in [4.69, 9.17) is 0 Å². The van der Waals surface area contributed by atoms with Crippen molar-refractivity contribution in [1.82, 2.24) is 0 Å². The first-order chi connectivity index (χ1) is 28.8. The molecule has 0 radical (unpaired) electrons. The number of anilines is 6. The first-order valence-corrected chi connectivity index (χ1v) is 27.7. The van der Waals surface area contributed by atoms with Crippen LogP contribution in [0.5, 0.6) is 0 Å². The third-order valence-corrected chi connectivity index (χ3v) is 22.4. The quantitative estimate of drug-likeness (QED) is 0.161. The van der Waals surface area contributed by atoms with E-state index in [0.29, 0.717) is 0 Å². The van der Waals surface area contributed by atoms with Crippen LogP contribution in [0.4, 0.5) is 34.1 Å². The lowest BCUT2D eigenvalue weighted by Crippen LogP contribution is -2.63. The molecule has 0 saturated heterocycles. The van der Waals surface area contributed by atoms with E-state index in [2.05, 4.69) is 221 Å². The number of para-hydroxylation sites is 4. The summed E-state index contributed by atoms with van der Waals surface area (Å²) in [4.78, 5) is 5.08. The molecule has 0 aromatic heterocycles. The van der Waals surface area contributed by atoms with Crippen LogP contribution in [0.15, 0.2) is 158 Å². The summed E-state index contributed by atoms with van der Waals surface area (Å²) < 4.78 is 0. The fraction of sp³-hybridized carbons (Fsp3) is 0.179. The predicted octanol–water partition coefficient (Wildman–Crippen LogP) is 12.7. The predicted molar refractivity (Wildman–Crippen MR) is 262 cm³/mol. The second-order valence-corrected chi connectivity index (χ2v) is 28.3. The van der Waals surface area contributed by atoms with Crippen molar-refractivity contribution in [3.63, 3.8) is 0 Å². The van der Waals surface area contributed by atoms with E-state index in [0.717, 1.165) is 0 Å². The second-order valence-electron chi connectivity index (χ2n) is 19.7. The number of benzene rings is 8. The van der Waals surface area contributed by atoms with Crippen LogP contribution in [0.3, 0.4) is 0 Å². The summed E-state index contributed by atoms with van der Waals surface area (Å²) >= 11 is 0. The van der Waals surface area contributed by atoms with Crippen molar-refractivity contribution in [3.05, 3.63) is 180 Å². The highest BCUT2D eigenvalue weighted by atomic mass is 28.3. The number of hydrogen-bond acceptors (Lipinski definition) is 2. The van der Waals surface area contributed by atoms with E-state index in [1.165, 1.54) is 89.4 Å². The summed E-state index contributed by atoms with van der Waals surface area (Å²) in [6.07, 6.45) is 0. The highest BCUT2D eigenvalue weighted by molar-refractivity contribution is 7.13. The zero-order chi connectivity index (χ0) is 41.1. The van der Waals surface area contributed by atoms with Crippen molar-refractivity contribution in [2.75, 3.05) is 9.80 Å². The van der Waals surface area contributed by atoms with Crippen molar-refractivity contribution in [1.29, 1.82) is 0 Å². The summed E-state index contributed by atoms with van der Waals surface area (Å²) in [5.41, 5.74) is 18.8. The van der Waals surface area contributed by atoms with Crippen molar-refractivity contribution in [3.8, 4) is 22.3 Å². The van der Waals surface area contributed by atoms with E-state index in [1.807, 2.05) is 0 Å². The molecule has 8 aromatic rings. The Morgan fingerprint density at radius 2 is 0.667 bits per heavy atom. The lowest BCUT2D eigenvalue weighted by Gasteiger charge is -2.42. The lowest BCUT2D eigenvalue weighted by molar-refractivity contribution is 0.632. The van der Waals surface area contributed by atoms with Gasteiger partial charge in [0.05, 0.1) is 22.7 Å². The summed E-state index contributed by atoms with van der Waals surface area (Å²) in [7, 11) is -4.50. The van der Waals surface area contributed by atoms with Gasteiger partial charge >= 0.3 is 0 Å². The van der Waals surface area contributed by atoms with E-state index in [-0.39, 0.29) is 10.8 Å². The molecule has 2 nitrogen and oxygen atoms in total. The molecule has 0 aliphatic carbocycles. The van der Waals surface area contributed by atoms with E-state index >= 15 is 0 Å². The molecular weight excluding hydrogens is 757 g/mol. The number of fused-ring (bicyclic) bond motifs is 14. The maximum absolute atomic E-state index is 2.64. The fourth-order valence-corrected chi connectivity index (χ4v) is 20.7. The fourth-order valence-electron chi connectivity index (χ4n) is 12.2. The summed E-state index contributed by atoms with van der Waals surface area (Å²) in [5, 5.41) is 9.26. The summed E-state index contributed by atoms with van der Waals surface area (Å²) in [6.45, 7) is 20.1. The SMILES string of the molecule is CC1(C)c2ccccc2N(c2ccc3c(c2)[Si](C)(C)c2c4c(c5ccccc5c2-3)-c2ccc(N3c5ccccc5C(C)(C)c5ccccc53)cc2[Si]4(C)C)c2ccccc21. The van der Waals surface area contributed by atoms with Crippen LogP contribution in [0.1, 0.15) is 49.9 Å². The molecule has 0 saturated carbocycles. The standard InChI is InChI=1S/C56H50N2Si2/c1-55(2)41-21-11-15-25-45(41)57(46-26-16-12-22-42(46)55)35-29-31-39-49(33-35)59(5,6)53-51(39)37-19-9-10-20-38(37)52-40-32-30-36(34-50(40)60(7,8)54(52)53)58-47-27-17-13-23-43(47)56(3,4)44-24-14-18-28-48(44)58/h9-34H,1-8H3. The van der Waals surface area contributed by atoms with Gasteiger partial charge in [0.2, 0.25) is 0 Å². The molecule has 12 rings (SSSR count). The summed E-state index contributed by atoms with van der Waals surface area (Å²) in [5.74, 6) is 0. The maximum atomic E-state index is 2.64. The van der Waals surface area contributed by atoms with Crippen LogP contribution >= 0.6 is 0 Å². The Hall–Kier alpha value is -5.95. The lowest BCUT2D eigenvalue weighted by atomic mass is 9.73. The Morgan fingerprint density at radius 3 is 1.00 bits per heavy atom. The molecule has 0 spiro atoms. The highest BCUT2D eigenvalue weighted by Crippen LogP contribution is 2.54. The average molecular weight is 807 g/mol. The molecule has 0 unspecified atom stereocenters. The number of hydrogen-bond donors (Lipinski definition) is 0. The third kappa shape index (κ3) is 4.43. The normalized spacial score (nSPS) is 17.5. The van der Waals surface area contributed by atoms with Crippen molar-refractivity contribution in [2.24, 2.45) is 0 Å². The minimum absolute atomic E-state index is 0.0907. The molecule has 0 fully saturated rings. The molecule has 60 heavy (non-hydrogen) atoms. The molecule has 0 atom stereocenters. The van der Waals surface area contributed by atoms with Crippen LogP contribution in [0.25, 0.3) is 33.0 Å². The largest absolute Gasteiger partial charge is 0.310 e. The topological polar surface area (TPSA) is 6.48 Å². The first-order valence-electron chi connectivity index (χ1n) is 21.7. The number of rotatable bonds is 2. The van der Waals surface area contributed by atoms with Gasteiger partial charge in [0.25, 0.3) is 0 Å². The van der Waals surface area contributed by atoms with Gasteiger partial charge in [0, 0.05) is 22.2 Å². The maximum Gasteiger partial charge on any atom is 0.113 e. The third-order valence-electron chi connectivity index (χ3n) is 15.1. The van der Waals surface area contributed by atoms with Gasteiger partial charge in [-0.2, -0.15) is 0 Å². The average Bonchev–Trinajstić information content (AvgIpc) is 3.63. The van der Waals surface area contributed by atoms with Gasteiger partial charge in [-0.25, -0.2) is 0 Å². The molecule has 4 aliphatic rings. The van der Waals surface area contributed by atoms with Gasteiger partial charge in [-0.15, -0.1) is 0 Å². The van der Waals surface area contributed by atoms with Crippen LogP contribution in [0, 0.1) is 0 Å². The summed E-state index contributed by atoms with van der Waals surface area (Å²) in [6, 6.07) is 60.5. The zero-order valence-corrected chi connectivity index (χ0v) is 37.9. The van der Waals surface area contributed by atoms with Gasteiger partial charge in [-0.05, 0) is 125 Å². The Bertz CT molecular complexity index is 2870. The molecule has 4 heterocycles. The van der Waals surface area contributed by atoms with Crippen LogP contribution in [-0.4, -0.2) is 16.1 Å². The minimum atomic E-state index is -2.25. The molecular formula is C56H50N2Si2. The molecule has 4 heteroatoms. The van der Waals surface area contributed by atoms with E-state index < -0.39 is 16.1 Å². The van der Waals surface area contributed by atoms with Gasteiger partial charge in [-0.3, -0.25) is 0 Å². The molecule has 292 valence electrons. The molecule has 0 N–H and O–H groups in total. The van der Waals surface area contributed by atoms with Crippen molar-refractivity contribution in [2.45, 2.75) is 64.7 Å². The minimum Gasteiger partial charge on any atom is -0.310 e. The van der Waals surface area contributed by atoms with Gasteiger partial charge in [0.1, 0.15) is 16.1 Å². The first kappa shape index (κ1) is 36.0. The Morgan fingerprint density at radius 1 is 0.367 bits per heavy atom. The van der Waals surface area contributed by atoms with E-state index in [9.17, 15) is 0 Å². The van der Waals surface area contributed by atoms with Gasteiger partial charge < -0.3 is 9.80 Å². The monoisotopic (exact) mass is 806 g/mol. The Balaban J connectivity index is 1.06. The zero-order valence-electron chi connectivity index (χ0n) is 35.9. The van der Waals surface area contributed by atoms with Crippen molar-refractivity contribution < 1.29 is 0 Å². The van der Waals surface area contributed by atoms with Crippen LogP contribution in [-0.2, 0) is 10.8 Å². The van der Waals surface area contributed by atoms with E-state index in [1.54, 1.807) is 20.7 Å². The molecule has 0 amide bonds. The van der Waals surface area contributed by atoms with Crippen LogP contribution in [0.2, 0.25) is 26.2 Å². The number of nitrogens with zero attached hydrogens (tertiary/aromatic N) is 2. The Labute approximate surface area is 356 Å². The van der Waals surface area contributed by atoms with Crippen LogP contribution < -0.4 is 30.5 Å². The second kappa shape index (κ2) is 11.9. The highest BCUT2D eigenvalue weighted by Gasteiger charge is 2.50. The van der Waals surface area contributed by atoms with Gasteiger partial charge in [0.15, 0.2) is 0 Å². The smallest absolute Gasteiger partial charge is 0.113 e. The molecule has 8 aromatic carbocycles. The van der Waals surface area contributed by atoms with Crippen molar-refractivity contribution >= 4 is 81.8 Å². The molecule has 0 bridgehead atoms. The molecule has 4 aliphatic heterocycles. The Kier molecular flexibility index (Phi) is 7.11.